The summed E-state index contributed by atoms with van der Waals surface area (Å²) in [4.78, 5) is 15.7. The lowest BCUT2D eigenvalue weighted by atomic mass is 9.82. The van der Waals surface area contributed by atoms with Crippen molar-refractivity contribution in [3.8, 4) is 11.5 Å². The minimum atomic E-state index is -0.650. The molecule has 1 saturated heterocycles. The van der Waals surface area contributed by atoms with E-state index >= 15 is 0 Å². The lowest BCUT2D eigenvalue weighted by molar-refractivity contribution is -0.137. The van der Waals surface area contributed by atoms with Gasteiger partial charge in [-0.1, -0.05) is 6.07 Å². The molecule has 6 heteroatoms. The van der Waals surface area contributed by atoms with Crippen LogP contribution in [0.4, 0.5) is 0 Å². The van der Waals surface area contributed by atoms with E-state index in [1.165, 1.54) is 5.56 Å². The van der Waals surface area contributed by atoms with E-state index < -0.39 is 5.41 Å². The molecule has 1 fully saturated rings. The van der Waals surface area contributed by atoms with E-state index in [4.69, 9.17) is 9.47 Å². The fourth-order valence-electron chi connectivity index (χ4n) is 4.50. The number of rotatable bonds is 3. The lowest BCUT2D eigenvalue weighted by Gasteiger charge is -2.34. The number of fused-ring (bicyclic) bond motifs is 1. The Balaban J connectivity index is 1.65. The summed E-state index contributed by atoms with van der Waals surface area (Å²) in [6, 6.07) is 5.95. The summed E-state index contributed by atoms with van der Waals surface area (Å²) < 4.78 is 13.3. The van der Waals surface area contributed by atoms with Crippen molar-refractivity contribution in [3.63, 3.8) is 0 Å². The summed E-state index contributed by atoms with van der Waals surface area (Å²) in [6.45, 7) is 10.0. The predicted molar refractivity (Wildman–Crippen MR) is 107 cm³/mol. The Morgan fingerprint density at radius 1 is 1.18 bits per heavy atom. The standard InChI is InChI=1S/C22H29N3O3/c1-14-20(15(2)24(5)23-14)17-7-6-10-25(17)21(26)22(3,4)16-8-9-18-19(13-16)28-12-11-27-18/h8-9,13,17H,6-7,10-12H2,1-5H3. The van der Waals surface area contributed by atoms with E-state index in [1.54, 1.807) is 0 Å². The first-order valence-electron chi connectivity index (χ1n) is 10.0. The number of hydrogen-bond donors (Lipinski definition) is 0. The summed E-state index contributed by atoms with van der Waals surface area (Å²) in [7, 11) is 1.96. The van der Waals surface area contributed by atoms with Gasteiger partial charge in [-0.15, -0.1) is 0 Å². The molecule has 2 aliphatic heterocycles. The number of carbonyl (C=O) groups excluding carboxylic acids is 1. The Bertz CT molecular complexity index is 916. The van der Waals surface area contributed by atoms with Crippen LogP contribution in [-0.4, -0.2) is 40.3 Å². The van der Waals surface area contributed by atoms with Crippen molar-refractivity contribution in [1.82, 2.24) is 14.7 Å². The number of hydrogen-bond acceptors (Lipinski definition) is 4. The highest BCUT2D eigenvalue weighted by molar-refractivity contribution is 5.88. The van der Waals surface area contributed by atoms with E-state index in [9.17, 15) is 4.79 Å². The highest BCUT2D eigenvalue weighted by atomic mass is 16.6. The van der Waals surface area contributed by atoms with Crippen LogP contribution in [0.15, 0.2) is 18.2 Å². The van der Waals surface area contributed by atoms with Crippen LogP contribution in [0, 0.1) is 13.8 Å². The predicted octanol–water partition coefficient (Wildman–Crippen LogP) is 3.45. The van der Waals surface area contributed by atoms with E-state index in [-0.39, 0.29) is 11.9 Å². The van der Waals surface area contributed by atoms with Crippen LogP contribution in [-0.2, 0) is 17.3 Å². The second-order valence-electron chi connectivity index (χ2n) is 8.35. The third-order valence-electron chi connectivity index (χ3n) is 6.21. The molecule has 0 spiro atoms. The quantitative estimate of drug-likeness (QED) is 0.815. The minimum Gasteiger partial charge on any atom is -0.486 e. The van der Waals surface area contributed by atoms with Gasteiger partial charge in [0.25, 0.3) is 0 Å². The molecule has 0 aliphatic carbocycles. The normalized spacial score (nSPS) is 19.2. The molecule has 1 aromatic carbocycles. The molecular weight excluding hydrogens is 354 g/mol. The molecule has 1 aromatic heterocycles. The van der Waals surface area contributed by atoms with Gasteiger partial charge in [0.15, 0.2) is 11.5 Å². The van der Waals surface area contributed by atoms with Crippen molar-refractivity contribution in [2.45, 2.75) is 52.0 Å². The first-order chi connectivity index (χ1) is 13.3. The molecule has 3 heterocycles. The Morgan fingerprint density at radius 3 is 2.57 bits per heavy atom. The number of amides is 1. The molecule has 1 unspecified atom stereocenters. The van der Waals surface area contributed by atoms with E-state index in [1.807, 2.05) is 55.6 Å². The number of benzene rings is 1. The molecule has 0 saturated carbocycles. The number of ether oxygens (including phenoxy) is 2. The van der Waals surface area contributed by atoms with Crippen LogP contribution in [0.3, 0.4) is 0 Å². The molecule has 1 atom stereocenters. The zero-order chi connectivity index (χ0) is 20.1. The monoisotopic (exact) mass is 383 g/mol. The van der Waals surface area contributed by atoms with Gasteiger partial charge < -0.3 is 14.4 Å². The fraction of sp³-hybridized carbons (Fsp3) is 0.545. The number of aryl methyl sites for hydroxylation is 2. The van der Waals surface area contributed by atoms with Gasteiger partial charge in [0, 0.05) is 24.8 Å². The Morgan fingerprint density at radius 2 is 1.89 bits per heavy atom. The summed E-state index contributed by atoms with van der Waals surface area (Å²) in [5.74, 6) is 1.62. The third kappa shape index (κ3) is 2.95. The molecule has 4 rings (SSSR count). The summed E-state index contributed by atoms with van der Waals surface area (Å²) in [5, 5.41) is 4.57. The maximum atomic E-state index is 13.7. The Hall–Kier alpha value is -2.50. The molecule has 150 valence electrons. The van der Waals surface area contributed by atoms with Crippen LogP contribution in [0.1, 0.15) is 55.2 Å². The smallest absolute Gasteiger partial charge is 0.233 e. The van der Waals surface area contributed by atoms with Gasteiger partial charge in [0.1, 0.15) is 13.2 Å². The van der Waals surface area contributed by atoms with Crippen molar-refractivity contribution in [3.05, 3.63) is 40.7 Å². The van der Waals surface area contributed by atoms with Crippen molar-refractivity contribution in [2.24, 2.45) is 7.05 Å². The molecule has 2 aliphatic rings. The maximum Gasteiger partial charge on any atom is 0.233 e. The largest absolute Gasteiger partial charge is 0.486 e. The van der Waals surface area contributed by atoms with Crippen molar-refractivity contribution in [2.75, 3.05) is 19.8 Å². The number of carbonyl (C=O) groups is 1. The first kappa shape index (κ1) is 18.8. The van der Waals surface area contributed by atoms with E-state index in [0.717, 1.165) is 47.8 Å². The highest BCUT2D eigenvalue weighted by Crippen LogP contribution is 2.41. The van der Waals surface area contributed by atoms with Crippen molar-refractivity contribution < 1.29 is 14.3 Å². The van der Waals surface area contributed by atoms with Gasteiger partial charge in [-0.05, 0) is 58.2 Å². The number of aromatic nitrogens is 2. The third-order valence-corrected chi connectivity index (χ3v) is 6.21. The van der Waals surface area contributed by atoms with Crippen molar-refractivity contribution in [1.29, 1.82) is 0 Å². The summed E-state index contributed by atoms with van der Waals surface area (Å²) in [5.41, 5.74) is 3.65. The van der Waals surface area contributed by atoms with Gasteiger partial charge in [-0.3, -0.25) is 9.48 Å². The van der Waals surface area contributed by atoms with Gasteiger partial charge >= 0.3 is 0 Å². The van der Waals surface area contributed by atoms with Crippen LogP contribution in [0.5, 0.6) is 11.5 Å². The van der Waals surface area contributed by atoms with Gasteiger partial charge in [-0.2, -0.15) is 5.10 Å². The zero-order valence-corrected chi connectivity index (χ0v) is 17.4. The van der Waals surface area contributed by atoms with E-state index in [0.29, 0.717) is 13.2 Å². The first-order valence-corrected chi connectivity index (χ1v) is 10.0. The molecule has 1 amide bonds. The highest BCUT2D eigenvalue weighted by Gasteiger charge is 2.41. The molecule has 28 heavy (non-hydrogen) atoms. The summed E-state index contributed by atoms with van der Waals surface area (Å²) >= 11 is 0. The molecule has 0 N–H and O–H groups in total. The van der Waals surface area contributed by atoms with Crippen LogP contribution >= 0.6 is 0 Å². The molecule has 2 aromatic rings. The van der Waals surface area contributed by atoms with Gasteiger partial charge in [0.2, 0.25) is 5.91 Å². The van der Waals surface area contributed by atoms with Crippen LogP contribution < -0.4 is 9.47 Å². The molecular formula is C22H29N3O3. The molecule has 0 bridgehead atoms. The van der Waals surface area contributed by atoms with Gasteiger partial charge in [-0.25, -0.2) is 0 Å². The minimum absolute atomic E-state index is 0.0951. The second-order valence-corrected chi connectivity index (χ2v) is 8.35. The van der Waals surface area contributed by atoms with Crippen LogP contribution in [0.25, 0.3) is 0 Å². The fourth-order valence-corrected chi connectivity index (χ4v) is 4.50. The molecule has 6 nitrogen and oxygen atoms in total. The maximum absolute atomic E-state index is 13.7. The zero-order valence-electron chi connectivity index (χ0n) is 17.4. The second kappa shape index (κ2) is 6.83. The number of nitrogens with zero attached hydrogens (tertiary/aromatic N) is 3. The average Bonchev–Trinajstić information content (AvgIpc) is 3.24. The van der Waals surface area contributed by atoms with Crippen molar-refractivity contribution >= 4 is 5.91 Å². The average molecular weight is 383 g/mol. The Kier molecular flexibility index (Phi) is 4.60. The van der Waals surface area contributed by atoms with Gasteiger partial charge in [0.05, 0.1) is 17.2 Å². The van der Waals surface area contributed by atoms with E-state index in [2.05, 4.69) is 12.0 Å². The summed E-state index contributed by atoms with van der Waals surface area (Å²) in [6.07, 6.45) is 2.00. The van der Waals surface area contributed by atoms with Crippen LogP contribution in [0.2, 0.25) is 0 Å². The SMILES string of the molecule is Cc1nn(C)c(C)c1C1CCCN1C(=O)C(C)(C)c1ccc2c(c1)OCCO2. The Labute approximate surface area is 166 Å². The topological polar surface area (TPSA) is 56.6 Å². The lowest BCUT2D eigenvalue weighted by Crippen LogP contribution is -2.43. The molecule has 0 radical (unpaired) electrons. The number of likely N-dealkylation sites (tertiary alicyclic amines) is 1.